The van der Waals surface area contributed by atoms with Crippen LogP contribution >= 0.6 is 0 Å². The fourth-order valence-electron chi connectivity index (χ4n) is 1.81. The third-order valence-electron chi connectivity index (χ3n) is 2.81. The van der Waals surface area contributed by atoms with Gasteiger partial charge in [-0.3, -0.25) is 0 Å². The number of carbonyl (C=O) groups excluding carboxylic acids is 3. The molecule has 0 amide bonds. The van der Waals surface area contributed by atoms with Crippen molar-refractivity contribution in [1.82, 2.24) is 0 Å². The molecule has 0 rings (SSSR count). The molecule has 0 heterocycles. The zero-order valence-corrected chi connectivity index (χ0v) is 12.9. The van der Waals surface area contributed by atoms with E-state index < -0.39 is 5.41 Å². The third kappa shape index (κ3) is 3.40. The van der Waals surface area contributed by atoms with E-state index in [4.69, 9.17) is 0 Å². The number of rotatable bonds is 7. The van der Waals surface area contributed by atoms with Crippen LogP contribution in [0.3, 0.4) is 0 Å². The summed E-state index contributed by atoms with van der Waals surface area (Å²) in [5, 5.41) is 0. The number of Topliss-reactive ketones (excluding diaryl/α,β-unsaturated/α-hetero) is 3. The third-order valence-corrected chi connectivity index (χ3v) is 3.97. The van der Waals surface area contributed by atoms with Crippen molar-refractivity contribution in [3.63, 3.8) is 0 Å². The van der Waals surface area contributed by atoms with E-state index >= 15 is 0 Å². The van der Waals surface area contributed by atoms with Crippen molar-refractivity contribution in [2.45, 2.75) is 44.5 Å². The first-order chi connectivity index (χ1) is 6.89. The van der Waals surface area contributed by atoms with E-state index in [1.165, 1.54) is 43.3 Å². The molecule has 4 heteroatoms. The minimum atomic E-state index is -1.35. The normalized spacial score (nSPS) is 11.2. The Morgan fingerprint density at radius 2 is 1.33 bits per heavy atom. The molecular formula is C11H18O3Sn. The maximum absolute atomic E-state index is 11.5. The van der Waals surface area contributed by atoms with Crippen molar-refractivity contribution >= 4 is 39.9 Å². The Morgan fingerprint density at radius 3 is 1.60 bits per heavy atom. The summed E-state index contributed by atoms with van der Waals surface area (Å²) in [5.41, 5.74) is -1.35. The number of hydrogen-bond donors (Lipinski definition) is 0. The summed E-state index contributed by atoms with van der Waals surface area (Å²) in [6.07, 6.45) is 2.16. The molecule has 0 aromatic heterocycles. The van der Waals surface area contributed by atoms with Crippen LogP contribution in [0.2, 0.25) is 4.44 Å². The first-order valence-electron chi connectivity index (χ1n) is 5.12. The van der Waals surface area contributed by atoms with Gasteiger partial charge >= 0.3 is 104 Å². The van der Waals surface area contributed by atoms with Crippen molar-refractivity contribution < 1.29 is 14.4 Å². The number of carbonyl (C=O) groups is 3. The molecule has 0 aromatic rings. The van der Waals surface area contributed by atoms with Gasteiger partial charge in [-0.05, 0) is 0 Å². The summed E-state index contributed by atoms with van der Waals surface area (Å²) in [4.78, 5) is 34.5. The molecule has 2 radical (unpaired) electrons. The topological polar surface area (TPSA) is 51.2 Å². The predicted octanol–water partition coefficient (Wildman–Crippen LogP) is 1.23. The quantitative estimate of drug-likeness (QED) is 0.403. The minimum absolute atomic E-state index is 0.310. The first-order valence-corrected chi connectivity index (χ1v) is 7.45. The summed E-state index contributed by atoms with van der Waals surface area (Å²) in [5.74, 6) is -0.930. The number of unbranched alkanes of at least 4 members (excludes halogenated alkanes) is 1. The molecule has 0 saturated heterocycles. The van der Waals surface area contributed by atoms with Crippen LogP contribution in [-0.2, 0) is 14.4 Å². The molecule has 0 aliphatic carbocycles. The van der Waals surface area contributed by atoms with Gasteiger partial charge in [0.1, 0.15) is 0 Å². The summed E-state index contributed by atoms with van der Waals surface area (Å²) < 4.78 is 1.13. The Morgan fingerprint density at radius 1 is 0.933 bits per heavy atom. The molecule has 84 valence electrons. The van der Waals surface area contributed by atoms with Gasteiger partial charge < -0.3 is 0 Å². The van der Waals surface area contributed by atoms with Gasteiger partial charge in [-0.2, -0.15) is 0 Å². The molecule has 0 saturated carbocycles. The van der Waals surface area contributed by atoms with Crippen molar-refractivity contribution in [2.75, 3.05) is 0 Å². The van der Waals surface area contributed by atoms with Crippen molar-refractivity contribution in [3.05, 3.63) is 0 Å². The molecule has 0 bridgehead atoms. The number of hydrogen-bond acceptors (Lipinski definition) is 3. The maximum atomic E-state index is 11.5. The van der Waals surface area contributed by atoms with Gasteiger partial charge in [0, 0.05) is 0 Å². The summed E-state index contributed by atoms with van der Waals surface area (Å²) in [6.45, 7) is 4.01. The van der Waals surface area contributed by atoms with E-state index in [0.717, 1.165) is 17.3 Å². The van der Waals surface area contributed by atoms with E-state index in [2.05, 4.69) is 0 Å². The molecule has 0 N–H and O–H groups in total. The van der Waals surface area contributed by atoms with Gasteiger partial charge in [-0.15, -0.1) is 0 Å². The van der Waals surface area contributed by atoms with Crippen LogP contribution in [0.1, 0.15) is 40.0 Å². The van der Waals surface area contributed by atoms with Crippen LogP contribution in [0.25, 0.3) is 0 Å². The second-order valence-corrected chi connectivity index (χ2v) is 5.47. The standard InChI is InChI=1S/C11H17O3.Sn.H/c1-5-6-7-11(8(2)12,9(3)13)10(4)14;;/h1,5-7H2,2-4H3;;. The van der Waals surface area contributed by atoms with Crippen molar-refractivity contribution in [3.8, 4) is 0 Å². The van der Waals surface area contributed by atoms with Gasteiger partial charge in [0.15, 0.2) is 0 Å². The summed E-state index contributed by atoms with van der Waals surface area (Å²) in [6, 6.07) is 0. The molecule has 0 aliphatic heterocycles. The molecular weight excluding hydrogens is 299 g/mol. The molecule has 0 atom stereocenters. The zero-order valence-electron chi connectivity index (χ0n) is 9.63. The number of ketones is 3. The Hall–Kier alpha value is -0.191. The van der Waals surface area contributed by atoms with E-state index in [9.17, 15) is 14.4 Å². The fraction of sp³-hybridized carbons (Fsp3) is 0.727. The summed E-state index contributed by atoms with van der Waals surface area (Å²) in [7, 11) is 0. The van der Waals surface area contributed by atoms with E-state index in [1.807, 2.05) is 0 Å². The van der Waals surface area contributed by atoms with Crippen LogP contribution < -0.4 is 0 Å². The molecule has 0 aliphatic rings. The monoisotopic (exact) mass is 318 g/mol. The molecule has 15 heavy (non-hydrogen) atoms. The van der Waals surface area contributed by atoms with Crippen molar-refractivity contribution in [1.29, 1.82) is 0 Å². The van der Waals surface area contributed by atoms with Gasteiger partial charge in [0.25, 0.3) is 0 Å². The second kappa shape index (κ2) is 6.40. The molecule has 0 unspecified atom stereocenters. The van der Waals surface area contributed by atoms with Crippen LogP contribution in [0.4, 0.5) is 0 Å². The van der Waals surface area contributed by atoms with E-state index in [0.29, 0.717) is 6.42 Å². The van der Waals surface area contributed by atoms with Gasteiger partial charge in [0.2, 0.25) is 0 Å². The first kappa shape index (κ1) is 14.8. The second-order valence-electron chi connectivity index (χ2n) is 3.82. The molecule has 3 nitrogen and oxygen atoms in total. The SMILES string of the molecule is CC(=O)C(CCC[CH2][SnH])(C(C)=O)C(C)=O. The molecule has 0 aromatic carbocycles. The fourth-order valence-corrected chi connectivity index (χ4v) is 2.63. The van der Waals surface area contributed by atoms with E-state index in [1.54, 1.807) is 0 Å². The molecule has 0 spiro atoms. The van der Waals surface area contributed by atoms with Crippen LogP contribution in [-0.4, -0.2) is 39.9 Å². The Balaban J connectivity index is 4.90. The van der Waals surface area contributed by atoms with Crippen LogP contribution in [0.5, 0.6) is 0 Å². The Labute approximate surface area is 104 Å². The Kier molecular flexibility index (Phi) is 6.32. The van der Waals surface area contributed by atoms with Gasteiger partial charge in [0.05, 0.1) is 0 Å². The molecule has 0 fully saturated rings. The average Bonchev–Trinajstić information content (AvgIpc) is 2.10. The summed E-state index contributed by atoms with van der Waals surface area (Å²) >= 11 is 1.18. The average molecular weight is 317 g/mol. The van der Waals surface area contributed by atoms with Gasteiger partial charge in [-0.25, -0.2) is 0 Å². The van der Waals surface area contributed by atoms with Gasteiger partial charge in [-0.1, -0.05) is 0 Å². The van der Waals surface area contributed by atoms with Crippen LogP contribution in [0, 0.1) is 5.41 Å². The van der Waals surface area contributed by atoms with Crippen molar-refractivity contribution in [2.24, 2.45) is 5.41 Å². The van der Waals surface area contributed by atoms with Crippen LogP contribution in [0.15, 0.2) is 0 Å². The Bertz CT molecular complexity index is 235. The van der Waals surface area contributed by atoms with E-state index in [-0.39, 0.29) is 17.3 Å². The zero-order chi connectivity index (χ0) is 12.1. The predicted molar refractivity (Wildman–Crippen MR) is 60.3 cm³/mol.